The number of fused-ring (bicyclic) bond motifs is 1. The largest absolute Gasteiger partial charge is 0.493 e. The lowest BCUT2D eigenvalue weighted by Crippen LogP contribution is -2.20. The number of methoxy groups -OCH3 is 1. The Morgan fingerprint density at radius 2 is 1.59 bits per heavy atom. The standard InChI is InChI=1S/C25H18FNO5/c1-31-21-8-4-5-15(13-20-23(29)18-6-2-3-7-19(18)24(20)30)25(21)32-14-22(28)27-17-11-9-16(26)10-12-17/h2-13H,14H2,1H3,(H,27,28). The third kappa shape index (κ3) is 4.13. The van der Waals surface area contributed by atoms with Crippen LogP contribution >= 0.6 is 0 Å². The highest BCUT2D eigenvalue weighted by atomic mass is 19.1. The molecule has 0 unspecified atom stereocenters. The van der Waals surface area contributed by atoms with Gasteiger partial charge >= 0.3 is 0 Å². The zero-order valence-corrected chi connectivity index (χ0v) is 17.1. The van der Waals surface area contributed by atoms with Crippen LogP contribution in [-0.4, -0.2) is 31.2 Å². The molecule has 160 valence electrons. The summed E-state index contributed by atoms with van der Waals surface area (Å²) in [6.45, 7) is -0.365. The zero-order valence-electron chi connectivity index (χ0n) is 17.1. The van der Waals surface area contributed by atoms with E-state index in [1.165, 1.54) is 37.5 Å². The highest BCUT2D eigenvalue weighted by Gasteiger charge is 2.32. The molecule has 4 rings (SSSR count). The number of rotatable bonds is 6. The molecule has 1 amide bonds. The van der Waals surface area contributed by atoms with Crippen LogP contribution in [0.5, 0.6) is 11.5 Å². The van der Waals surface area contributed by atoms with Gasteiger partial charge < -0.3 is 14.8 Å². The summed E-state index contributed by atoms with van der Waals surface area (Å²) in [5.74, 6) is -1.06. The number of Topliss-reactive ketones (excluding diaryl/α,β-unsaturated/α-hetero) is 2. The van der Waals surface area contributed by atoms with Crippen LogP contribution in [0.1, 0.15) is 26.3 Å². The van der Waals surface area contributed by atoms with Crippen molar-refractivity contribution in [3.05, 3.63) is 94.8 Å². The average molecular weight is 431 g/mol. The Morgan fingerprint density at radius 3 is 2.22 bits per heavy atom. The second-order valence-electron chi connectivity index (χ2n) is 6.98. The molecule has 3 aromatic carbocycles. The predicted molar refractivity (Wildman–Crippen MR) is 117 cm³/mol. The first-order valence-corrected chi connectivity index (χ1v) is 9.73. The summed E-state index contributed by atoms with van der Waals surface area (Å²) in [4.78, 5) is 37.7. The van der Waals surface area contributed by atoms with Gasteiger partial charge in [0.25, 0.3) is 5.91 Å². The summed E-state index contributed by atoms with van der Waals surface area (Å²) in [6.07, 6.45) is 1.44. The van der Waals surface area contributed by atoms with Crippen molar-refractivity contribution < 1.29 is 28.2 Å². The van der Waals surface area contributed by atoms with Crippen LogP contribution in [0.2, 0.25) is 0 Å². The molecule has 1 N–H and O–H groups in total. The number of carbonyl (C=O) groups is 3. The molecule has 0 radical (unpaired) electrons. The zero-order chi connectivity index (χ0) is 22.7. The fraction of sp³-hybridized carbons (Fsp3) is 0.0800. The van der Waals surface area contributed by atoms with Gasteiger partial charge in [0.05, 0.1) is 12.7 Å². The highest BCUT2D eigenvalue weighted by molar-refractivity contribution is 6.41. The van der Waals surface area contributed by atoms with E-state index in [9.17, 15) is 18.8 Å². The molecule has 1 aliphatic carbocycles. The Hall–Kier alpha value is -4.26. The van der Waals surface area contributed by atoms with E-state index in [0.29, 0.717) is 28.1 Å². The molecular formula is C25H18FNO5. The van der Waals surface area contributed by atoms with E-state index >= 15 is 0 Å². The minimum atomic E-state index is -0.471. The van der Waals surface area contributed by atoms with Crippen molar-refractivity contribution in [2.75, 3.05) is 19.0 Å². The number of ether oxygens (including phenoxy) is 2. The molecule has 6 nitrogen and oxygen atoms in total. The Labute approximate surface area is 183 Å². The predicted octanol–water partition coefficient (Wildman–Crippen LogP) is 4.31. The van der Waals surface area contributed by atoms with Crippen LogP contribution in [0.3, 0.4) is 0 Å². The Bertz CT molecular complexity index is 1210. The first kappa shape index (κ1) is 21.0. The van der Waals surface area contributed by atoms with E-state index < -0.39 is 11.7 Å². The lowest BCUT2D eigenvalue weighted by Gasteiger charge is -2.14. The van der Waals surface area contributed by atoms with Gasteiger partial charge in [0.1, 0.15) is 5.82 Å². The molecule has 0 bridgehead atoms. The minimum absolute atomic E-state index is 0.0140. The number of anilines is 1. The van der Waals surface area contributed by atoms with E-state index in [2.05, 4.69) is 5.32 Å². The number of nitrogens with one attached hydrogen (secondary N) is 1. The summed E-state index contributed by atoms with van der Waals surface area (Å²) in [6, 6.07) is 16.9. The van der Waals surface area contributed by atoms with Crippen LogP contribution in [0.15, 0.2) is 72.3 Å². The van der Waals surface area contributed by atoms with E-state index in [1.54, 1.807) is 42.5 Å². The Kier molecular flexibility index (Phi) is 5.81. The normalized spacial score (nSPS) is 12.4. The highest BCUT2D eigenvalue weighted by Crippen LogP contribution is 2.35. The molecule has 1 aliphatic rings. The quantitative estimate of drug-likeness (QED) is 0.465. The topological polar surface area (TPSA) is 81.7 Å². The van der Waals surface area contributed by atoms with Crippen LogP contribution in [0.4, 0.5) is 10.1 Å². The number of benzene rings is 3. The number of hydrogen-bond acceptors (Lipinski definition) is 5. The van der Waals surface area contributed by atoms with Gasteiger partial charge in [-0.05, 0) is 36.4 Å². The van der Waals surface area contributed by atoms with Gasteiger partial charge in [-0.3, -0.25) is 14.4 Å². The van der Waals surface area contributed by atoms with E-state index in [-0.39, 0.29) is 29.5 Å². The van der Waals surface area contributed by atoms with Crippen LogP contribution in [-0.2, 0) is 4.79 Å². The first-order valence-electron chi connectivity index (χ1n) is 9.73. The molecular weight excluding hydrogens is 413 g/mol. The van der Waals surface area contributed by atoms with Gasteiger partial charge in [-0.15, -0.1) is 0 Å². The molecule has 0 aliphatic heterocycles. The fourth-order valence-corrected chi connectivity index (χ4v) is 3.39. The van der Waals surface area contributed by atoms with Crippen molar-refractivity contribution in [1.29, 1.82) is 0 Å². The van der Waals surface area contributed by atoms with Crippen molar-refractivity contribution in [2.24, 2.45) is 0 Å². The summed E-state index contributed by atoms with van der Waals surface area (Å²) >= 11 is 0. The number of carbonyl (C=O) groups excluding carboxylic acids is 3. The SMILES string of the molecule is COc1cccc(C=C2C(=O)c3ccccc3C2=O)c1OCC(=O)Nc1ccc(F)cc1. The number of hydrogen-bond donors (Lipinski definition) is 1. The van der Waals surface area contributed by atoms with Crippen molar-refractivity contribution in [3.8, 4) is 11.5 Å². The third-order valence-corrected chi connectivity index (χ3v) is 4.91. The summed E-state index contributed by atoms with van der Waals surface area (Å²) < 4.78 is 24.1. The lowest BCUT2D eigenvalue weighted by molar-refractivity contribution is -0.118. The Balaban J connectivity index is 1.58. The molecule has 7 heteroatoms. The third-order valence-electron chi connectivity index (χ3n) is 4.91. The maximum Gasteiger partial charge on any atom is 0.262 e. The molecule has 0 saturated heterocycles. The number of para-hydroxylation sites is 1. The monoisotopic (exact) mass is 431 g/mol. The van der Waals surface area contributed by atoms with Gasteiger partial charge in [0.2, 0.25) is 0 Å². The van der Waals surface area contributed by atoms with E-state index in [1.807, 2.05) is 0 Å². The molecule has 0 fully saturated rings. The number of halogens is 1. The van der Waals surface area contributed by atoms with Gasteiger partial charge in [-0.1, -0.05) is 36.4 Å². The first-order chi connectivity index (χ1) is 15.5. The number of allylic oxidation sites excluding steroid dienone is 1. The van der Waals surface area contributed by atoms with Gasteiger partial charge in [-0.25, -0.2) is 4.39 Å². The number of amides is 1. The molecule has 0 saturated carbocycles. The molecule has 0 spiro atoms. The van der Waals surface area contributed by atoms with Crippen molar-refractivity contribution in [1.82, 2.24) is 0 Å². The van der Waals surface area contributed by atoms with Crippen molar-refractivity contribution in [3.63, 3.8) is 0 Å². The second-order valence-corrected chi connectivity index (χ2v) is 6.98. The Morgan fingerprint density at radius 1 is 0.938 bits per heavy atom. The van der Waals surface area contributed by atoms with E-state index in [0.717, 1.165) is 0 Å². The smallest absolute Gasteiger partial charge is 0.262 e. The van der Waals surface area contributed by atoms with E-state index in [4.69, 9.17) is 9.47 Å². The maximum absolute atomic E-state index is 13.0. The van der Waals surface area contributed by atoms with Gasteiger partial charge in [-0.2, -0.15) is 0 Å². The molecule has 0 atom stereocenters. The minimum Gasteiger partial charge on any atom is -0.493 e. The molecule has 0 heterocycles. The molecule has 3 aromatic rings. The summed E-state index contributed by atoms with van der Waals surface area (Å²) in [7, 11) is 1.44. The van der Waals surface area contributed by atoms with Crippen LogP contribution in [0, 0.1) is 5.82 Å². The van der Waals surface area contributed by atoms with Gasteiger partial charge in [0, 0.05) is 22.4 Å². The molecule has 0 aromatic heterocycles. The van der Waals surface area contributed by atoms with Crippen LogP contribution in [0.25, 0.3) is 6.08 Å². The number of ketones is 2. The fourth-order valence-electron chi connectivity index (χ4n) is 3.39. The van der Waals surface area contributed by atoms with Crippen LogP contribution < -0.4 is 14.8 Å². The van der Waals surface area contributed by atoms with Crippen molar-refractivity contribution in [2.45, 2.75) is 0 Å². The van der Waals surface area contributed by atoms with Crippen molar-refractivity contribution >= 4 is 29.2 Å². The lowest BCUT2D eigenvalue weighted by atomic mass is 10.1. The summed E-state index contributed by atoms with van der Waals surface area (Å²) in [5, 5.41) is 2.60. The maximum atomic E-state index is 13.0. The average Bonchev–Trinajstić information content (AvgIpc) is 3.04. The summed E-state index contributed by atoms with van der Waals surface area (Å²) in [5.41, 5.74) is 1.56. The van der Waals surface area contributed by atoms with Gasteiger partial charge in [0.15, 0.2) is 29.7 Å². The molecule has 32 heavy (non-hydrogen) atoms. The second kappa shape index (κ2) is 8.85.